The van der Waals surface area contributed by atoms with E-state index >= 15 is 0 Å². The van der Waals surface area contributed by atoms with Crippen molar-refractivity contribution in [3.8, 4) is 17.6 Å². The van der Waals surface area contributed by atoms with Crippen LogP contribution in [-0.4, -0.2) is 58.7 Å². The summed E-state index contributed by atoms with van der Waals surface area (Å²) in [4.78, 5) is 1.52. The normalized spacial score (nSPS) is 20.5. The maximum Gasteiger partial charge on any atom is 0.243 e. The van der Waals surface area contributed by atoms with Crippen molar-refractivity contribution in [1.82, 2.24) is 4.31 Å². The van der Waals surface area contributed by atoms with Crippen molar-refractivity contribution < 1.29 is 22.8 Å². The lowest BCUT2D eigenvalue weighted by Crippen LogP contribution is -3.15. The molecule has 1 atom stereocenters. The molecule has 1 saturated heterocycles. The molecule has 2 aliphatic heterocycles. The predicted octanol–water partition coefficient (Wildman–Crippen LogP) is -0.103. The molecule has 0 aliphatic carbocycles. The summed E-state index contributed by atoms with van der Waals surface area (Å²) >= 11 is 0. The van der Waals surface area contributed by atoms with Gasteiger partial charge < -0.3 is 14.4 Å². The number of hydrogen-bond donors (Lipinski definition) is 1. The molecule has 2 heterocycles. The highest BCUT2D eigenvalue weighted by Gasteiger charge is 2.31. The van der Waals surface area contributed by atoms with E-state index in [1.54, 1.807) is 18.2 Å². The molecule has 0 radical (unpaired) electrons. The minimum atomic E-state index is -3.55. The van der Waals surface area contributed by atoms with Gasteiger partial charge in [-0.2, -0.15) is 9.57 Å². The number of nitrogens with one attached hydrogen (secondary N) is 1. The van der Waals surface area contributed by atoms with Crippen LogP contribution >= 0.6 is 0 Å². The van der Waals surface area contributed by atoms with Crippen LogP contribution in [0.1, 0.15) is 13.3 Å². The molecule has 0 amide bonds. The van der Waals surface area contributed by atoms with Crippen LogP contribution in [0.2, 0.25) is 0 Å². The Hall–Kier alpha value is -1.82. The van der Waals surface area contributed by atoms with Gasteiger partial charge in [-0.25, -0.2) is 8.42 Å². The number of hydrogen-bond acceptors (Lipinski definition) is 5. The Bertz CT molecular complexity index is 752. The van der Waals surface area contributed by atoms with E-state index in [-0.39, 0.29) is 10.8 Å². The molecule has 0 spiro atoms. The van der Waals surface area contributed by atoms with E-state index in [4.69, 9.17) is 14.7 Å². The Morgan fingerprint density at radius 1 is 1.24 bits per heavy atom. The highest BCUT2D eigenvalue weighted by Crippen LogP contribution is 2.32. The molecular formula is C17H24N3O4S+. The van der Waals surface area contributed by atoms with E-state index in [0.29, 0.717) is 37.8 Å². The van der Waals surface area contributed by atoms with Gasteiger partial charge in [0.15, 0.2) is 11.5 Å². The maximum absolute atomic E-state index is 12.9. The summed E-state index contributed by atoms with van der Waals surface area (Å²) in [6.07, 6.45) is 0.780. The number of sulfonamides is 1. The zero-order valence-corrected chi connectivity index (χ0v) is 15.2. The minimum Gasteiger partial charge on any atom is -0.490 e. The molecular weight excluding hydrogens is 342 g/mol. The highest BCUT2D eigenvalue weighted by molar-refractivity contribution is 7.89. The second-order valence-corrected chi connectivity index (χ2v) is 8.49. The van der Waals surface area contributed by atoms with Crippen molar-refractivity contribution in [3.63, 3.8) is 0 Å². The SMILES string of the molecule is C[C@H](C#N)C[NH+]1CCN(S(=O)(=O)c2ccc3c(c2)OCCCO3)CC1. The first-order valence-electron chi connectivity index (χ1n) is 8.63. The molecule has 2 aliphatic rings. The fourth-order valence-corrected chi connectivity index (χ4v) is 4.64. The van der Waals surface area contributed by atoms with Crippen molar-refractivity contribution in [2.45, 2.75) is 18.2 Å². The molecule has 0 saturated carbocycles. The van der Waals surface area contributed by atoms with Gasteiger partial charge in [0.1, 0.15) is 0 Å². The second kappa shape index (κ2) is 7.60. The van der Waals surface area contributed by atoms with Gasteiger partial charge in [-0.3, -0.25) is 0 Å². The molecule has 1 N–H and O–H groups in total. The molecule has 25 heavy (non-hydrogen) atoms. The number of fused-ring (bicyclic) bond motifs is 1. The number of piperazine rings is 1. The van der Waals surface area contributed by atoms with Gasteiger partial charge in [0.2, 0.25) is 10.0 Å². The van der Waals surface area contributed by atoms with Crippen molar-refractivity contribution in [3.05, 3.63) is 18.2 Å². The molecule has 136 valence electrons. The summed E-state index contributed by atoms with van der Waals surface area (Å²) in [6.45, 7) is 6.11. The second-order valence-electron chi connectivity index (χ2n) is 6.55. The maximum atomic E-state index is 12.9. The Morgan fingerprint density at radius 2 is 1.92 bits per heavy atom. The molecule has 1 aromatic rings. The monoisotopic (exact) mass is 366 g/mol. The summed E-state index contributed by atoms with van der Waals surface area (Å²) in [5.74, 6) is 1.07. The minimum absolute atomic E-state index is 0.0140. The van der Waals surface area contributed by atoms with Gasteiger partial charge in [0.05, 0.1) is 62.8 Å². The fraction of sp³-hybridized carbons (Fsp3) is 0.588. The van der Waals surface area contributed by atoms with Crippen LogP contribution in [0.15, 0.2) is 23.1 Å². The number of ether oxygens (including phenoxy) is 2. The third-order valence-corrected chi connectivity index (χ3v) is 6.50. The van der Waals surface area contributed by atoms with E-state index in [0.717, 1.165) is 26.1 Å². The van der Waals surface area contributed by atoms with E-state index in [9.17, 15) is 8.42 Å². The molecule has 0 unspecified atom stereocenters. The molecule has 8 heteroatoms. The van der Waals surface area contributed by atoms with E-state index in [2.05, 4.69) is 6.07 Å². The predicted molar refractivity (Wildman–Crippen MR) is 91.1 cm³/mol. The average molecular weight is 366 g/mol. The summed E-state index contributed by atoms with van der Waals surface area (Å²) in [5.41, 5.74) is 0. The smallest absolute Gasteiger partial charge is 0.243 e. The molecule has 7 nitrogen and oxygen atoms in total. The topological polar surface area (TPSA) is 84.1 Å². The zero-order valence-electron chi connectivity index (χ0n) is 14.4. The summed E-state index contributed by atoms with van der Waals surface area (Å²) in [7, 11) is -3.55. The Kier molecular flexibility index (Phi) is 5.47. The summed E-state index contributed by atoms with van der Waals surface area (Å²) in [5, 5.41) is 8.92. The number of nitrogens with zero attached hydrogens (tertiary/aromatic N) is 2. The third kappa shape index (κ3) is 4.06. The lowest BCUT2D eigenvalue weighted by molar-refractivity contribution is -0.905. The number of nitriles is 1. The van der Waals surface area contributed by atoms with Crippen LogP contribution in [0.25, 0.3) is 0 Å². The Labute approximate surface area is 148 Å². The van der Waals surface area contributed by atoms with Gasteiger partial charge >= 0.3 is 0 Å². The third-order valence-electron chi connectivity index (χ3n) is 4.60. The fourth-order valence-electron chi connectivity index (χ4n) is 3.18. The van der Waals surface area contributed by atoms with E-state index < -0.39 is 10.0 Å². The number of quaternary nitrogens is 1. The molecule has 3 rings (SSSR count). The van der Waals surface area contributed by atoms with Crippen molar-refractivity contribution in [2.24, 2.45) is 5.92 Å². The largest absolute Gasteiger partial charge is 0.490 e. The number of benzene rings is 1. The Morgan fingerprint density at radius 3 is 2.60 bits per heavy atom. The lowest BCUT2D eigenvalue weighted by Gasteiger charge is -2.32. The zero-order chi connectivity index (χ0) is 17.9. The van der Waals surface area contributed by atoms with Crippen LogP contribution in [0.3, 0.4) is 0 Å². The van der Waals surface area contributed by atoms with Crippen molar-refractivity contribution in [2.75, 3.05) is 45.9 Å². The van der Waals surface area contributed by atoms with Crippen molar-refractivity contribution in [1.29, 1.82) is 5.26 Å². The van der Waals surface area contributed by atoms with Gasteiger partial charge in [-0.15, -0.1) is 0 Å². The number of rotatable bonds is 4. The summed E-state index contributed by atoms with van der Waals surface area (Å²) < 4.78 is 38.5. The van der Waals surface area contributed by atoms with Crippen LogP contribution in [0.5, 0.6) is 11.5 Å². The van der Waals surface area contributed by atoms with Crippen LogP contribution < -0.4 is 14.4 Å². The first-order chi connectivity index (χ1) is 12.0. The highest BCUT2D eigenvalue weighted by atomic mass is 32.2. The molecule has 1 aromatic carbocycles. The van der Waals surface area contributed by atoms with Gasteiger partial charge in [-0.05, 0) is 19.1 Å². The quantitative estimate of drug-likeness (QED) is 0.804. The Balaban J connectivity index is 1.70. The molecule has 0 bridgehead atoms. The van der Waals surface area contributed by atoms with Crippen molar-refractivity contribution >= 4 is 10.0 Å². The van der Waals surface area contributed by atoms with Gasteiger partial charge in [0, 0.05) is 12.5 Å². The molecule has 0 aromatic heterocycles. The van der Waals surface area contributed by atoms with E-state index in [1.165, 1.54) is 9.21 Å². The van der Waals surface area contributed by atoms with Crippen LogP contribution in [0, 0.1) is 17.2 Å². The van der Waals surface area contributed by atoms with Gasteiger partial charge in [-0.1, -0.05) is 0 Å². The van der Waals surface area contributed by atoms with Gasteiger partial charge in [0.25, 0.3) is 0 Å². The standard InChI is InChI=1S/C17H23N3O4S/c1-14(12-18)13-19-5-7-20(8-6-19)25(21,22)15-3-4-16-17(11-15)24-10-2-9-23-16/h3-4,11,14H,2,5-10,13H2,1H3/p+1/t14-/m1/s1. The van der Waals surface area contributed by atoms with Crippen LogP contribution in [0.4, 0.5) is 0 Å². The lowest BCUT2D eigenvalue weighted by atomic mass is 10.2. The first-order valence-corrected chi connectivity index (χ1v) is 10.1. The average Bonchev–Trinajstić information content (AvgIpc) is 2.86. The van der Waals surface area contributed by atoms with E-state index in [1.807, 2.05) is 6.92 Å². The first kappa shape index (κ1) is 18.0. The molecule has 1 fully saturated rings. The summed E-state index contributed by atoms with van der Waals surface area (Å²) in [6, 6.07) is 7.05. The van der Waals surface area contributed by atoms with Crippen LogP contribution in [-0.2, 0) is 10.0 Å².